The zero-order valence-electron chi connectivity index (χ0n) is 16.1. The van der Waals surface area contributed by atoms with Gasteiger partial charge in [0.2, 0.25) is 12.7 Å². The lowest BCUT2D eigenvalue weighted by Gasteiger charge is -2.13. The van der Waals surface area contributed by atoms with Crippen LogP contribution in [0.15, 0.2) is 55.0 Å². The Morgan fingerprint density at radius 1 is 1.14 bits per heavy atom. The molecule has 1 aliphatic heterocycles. The summed E-state index contributed by atoms with van der Waals surface area (Å²) < 4.78 is 16.4. The number of amides is 1. The number of nitrogens with zero attached hydrogens (tertiary/aromatic N) is 3. The number of fused-ring (bicyclic) bond motifs is 1. The van der Waals surface area contributed by atoms with Crippen LogP contribution in [-0.2, 0) is 6.54 Å². The Morgan fingerprint density at radius 2 is 1.93 bits per heavy atom. The van der Waals surface area contributed by atoms with Crippen LogP contribution in [-0.4, -0.2) is 36.8 Å². The smallest absolute Gasteiger partial charge is 0.258 e. The molecule has 0 saturated heterocycles. The average molecular weight is 392 g/mol. The van der Waals surface area contributed by atoms with E-state index >= 15 is 0 Å². The topological polar surface area (TPSA) is 85.8 Å². The monoisotopic (exact) mass is 392 g/mol. The van der Waals surface area contributed by atoms with Gasteiger partial charge in [-0.25, -0.2) is 9.97 Å². The third-order valence-corrected chi connectivity index (χ3v) is 4.38. The number of carbonyl (C=O) groups excluding carboxylic acids is 1. The predicted molar refractivity (Wildman–Crippen MR) is 107 cm³/mol. The van der Waals surface area contributed by atoms with Crippen LogP contribution in [0.4, 0.5) is 5.69 Å². The summed E-state index contributed by atoms with van der Waals surface area (Å²) in [4.78, 5) is 22.7. The number of carbonyl (C=O) groups is 1. The molecule has 29 heavy (non-hydrogen) atoms. The molecule has 0 fully saturated rings. The van der Waals surface area contributed by atoms with Gasteiger partial charge in [-0.1, -0.05) is 12.1 Å². The summed E-state index contributed by atoms with van der Waals surface area (Å²) in [6.45, 7) is 0.556. The minimum Gasteiger partial charge on any atom is -0.454 e. The first-order valence-corrected chi connectivity index (χ1v) is 9.02. The van der Waals surface area contributed by atoms with Crippen molar-refractivity contribution >= 4 is 11.6 Å². The Hall–Kier alpha value is -3.81. The van der Waals surface area contributed by atoms with Crippen LogP contribution in [0.3, 0.4) is 0 Å². The predicted octanol–water partition coefficient (Wildman–Crippen LogP) is 2.99. The highest BCUT2D eigenvalue weighted by atomic mass is 16.7. The molecule has 1 N–H and O–H groups in total. The van der Waals surface area contributed by atoms with Gasteiger partial charge in [0.1, 0.15) is 17.6 Å². The number of nitrogens with one attached hydrogen (secondary N) is 1. The molecule has 0 spiro atoms. The lowest BCUT2D eigenvalue weighted by atomic mass is 10.2. The van der Waals surface area contributed by atoms with Gasteiger partial charge in [0.25, 0.3) is 5.91 Å². The molecule has 2 aromatic carbocycles. The third kappa shape index (κ3) is 4.21. The number of hydrogen-bond acceptors (Lipinski definition) is 7. The highest BCUT2D eigenvalue weighted by molar-refractivity contribution is 5.96. The number of benzene rings is 2. The van der Waals surface area contributed by atoms with E-state index < -0.39 is 0 Å². The molecule has 8 heteroatoms. The Kier molecular flexibility index (Phi) is 5.15. The molecular formula is C21H20N4O4. The summed E-state index contributed by atoms with van der Waals surface area (Å²) >= 11 is 0. The van der Waals surface area contributed by atoms with Gasteiger partial charge >= 0.3 is 0 Å². The molecule has 1 aliphatic rings. The standard InChI is InChI=1S/C21H20N4O4/c1-25(2)15-5-3-14(4-6-15)10-23-20(26)17-11-22-12-24-21(17)29-16-7-8-18-19(9-16)28-13-27-18/h3-9,11-12H,10,13H2,1-2H3,(H,23,26). The number of hydrogen-bond donors (Lipinski definition) is 1. The first kappa shape index (κ1) is 18.5. The van der Waals surface area contributed by atoms with Crippen LogP contribution in [0.5, 0.6) is 23.1 Å². The van der Waals surface area contributed by atoms with Crippen molar-refractivity contribution in [2.45, 2.75) is 6.54 Å². The summed E-state index contributed by atoms with van der Waals surface area (Å²) in [5.41, 5.74) is 2.32. The first-order valence-electron chi connectivity index (χ1n) is 9.02. The molecule has 1 aromatic heterocycles. The molecule has 3 aromatic rings. The number of aromatic nitrogens is 2. The second-order valence-electron chi connectivity index (χ2n) is 6.60. The summed E-state index contributed by atoms with van der Waals surface area (Å²) in [5, 5.41) is 2.87. The Labute approximate surface area is 168 Å². The van der Waals surface area contributed by atoms with Gasteiger partial charge in [-0.3, -0.25) is 4.79 Å². The largest absolute Gasteiger partial charge is 0.454 e. The van der Waals surface area contributed by atoms with Gasteiger partial charge in [0, 0.05) is 38.6 Å². The van der Waals surface area contributed by atoms with Crippen molar-refractivity contribution in [3.63, 3.8) is 0 Å². The van der Waals surface area contributed by atoms with Crippen LogP contribution >= 0.6 is 0 Å². The Balaban J connectivity index is 1.45. The molecule has 0 saturated carbocycles. The molecule has 0 aliphatic carbocycles. The van der Waals surface area contributed by atoms with Crippen LogP contribution in [0, 0.1) is 0 Å². The molecule has 8 nitrogen and oxygen atoms in total. The molecule has 0 atom stereocenters. The molecule has 0 bridgehead atoms. The van der Waals surface area contributed by atoms with Gasteiger partial charge in [-0.05, 0) is 29.8 Å². The second-order valence-corrected chi connectivity index (χ2v) is 6.60. The molecular weight excluding hydrogens is 372 g/mol. The van der Waals surface area contributed by atoms with Crippen molar-refractivity contribution in [3.8, 4) is 23.1 Å². The van der Waals surface area contributed by atoms with E-state index in [0.29, 0.717) is 23.8 Å². The minimum atomic E-state index is -0.321. The van der Waals surface area contributed by atoms with E-state index in [4.69, 9.17) is 14.2 Å². The van der Waals surface area contributed by atoms with Crippen LogP contribution < -0.4 is 24.4 Å². The molecule has 4 rings (SSSR count). The van der Waals surface area contributed by atoms with E-state index in [0.717, 1.165) is 11.3 Å². The lowest BCUT2D eigenvalue weighted by molar-refractivity contribution is 0.0947. The molecule has 0 unspecified atom stereocenters. The van der Waals surface area contributed by atoms with E-state index in [1.54, 1.807) is 18.2 Å². The summed E-state index contributed by atoms with van der Waals surface area (Å²) in [7, 11) is 3.96. The van der Waals surface area contributed by atoms with Gasteiger partial charge in [-0.2, -0.15) is 0 Å². The fraction of sp³-hybridized carbons (Fsp3) is 0.190. The van der Waals surface area contributed by atoms with Gasteiger partial charge < -0.3 is 24.4 Å². The molecule has 0 radical (unpaired) electrons. The van der Waals surface area contributed by atoms with Crippen molar-refractivity contribution in [3.05, 3.63) is 66.1 Å². The summed E-state index contributed by atoms with van der Waals surface area (Å²) in [5.74, 6) is 1.57. The van der Waals surface area contributed by atoms with Gasteiger partial charge in [0.05, 0.1) is 0 Å². The number of ether oxygens (including phenoxy) is 3. The summed E-state index contributed by atoms with van der Waals surface area (Å²) in [6.07, 6.45) is 2.76. The first-order chi connectivity index (χ1) is 14.1. The normalized spacial score (nSPS) is 11.8. The average Bonchev–Trinajstić information content (AvgIpc) is 3.20. The maximum Gasteiger partial charge on any atom is 0.258 e. The summed E-state index contributed by atoms with van der Waals surface area (Å²) in [6, 6.07) is 13.1. The molecule has 2 heterocycles. The van der Waals surface area contributed by atoms with Crippen molar-refractivity contribution in [1.82, 2.24) is 15.3 Å². The number of rotatable bonds is 6. The van der Waals surface area contributed by atoms with E-state index in [9.17, 15) is 4.79 Å². The van der Waals surface area contributed by atoms with Gasteiger partial charge in [0.15, 0.2) is 11.5 Å². The maximum absolute atomic E-state index is 12.7. The highest BCUT2D eigenvalue weighted by Gasteiger charge is 2.18. The molecule has 148 valence electrons. The fourth-order valence-electron chi connectivity index (χ4n) is 2.80. The van der Waals surface area contributed by atoms with Crippen molar-refractivity contribution in [1.29, 1.82) is 0 Å². The van der Waals surface area contributed by atoms with E-state index in [-0.39, 0.29) is 24.1 Å². The minimum absolute atomic E-state index is 0.166. The highest BCUT2D eigenvalue weighted by Crippen LogP contribution is 2.36. The van der Waals surface area contributed by atoms with Crippen molar-refractivity contribution in [2.24, 2.45) is 0 Å². The van der Waals surface area contributed by atoms with Crippen molar-refractivity contribution < 1.29 is 19.0 Å². The SMILES string of the molecule is CN(C)c1ccc(CNC(=O)c2cncnc2Oc2ccc3c(c2)OCO3)cc1. The lowest BCUT2D eigenvalue weighted by Crippen LogP contribution is -2.23. The quantitative estimate of drug-likeness (QED) is 0.690. The van der Waals surface area contributed by atoms with E-state index in [1.165, 1.54) is 12.5 Å². The fourth-order valence-corrected chi connectivity index (χ4v) is 2.80. The Morgan fingerprint density at radius 3 is 2.72 bits per heavy atom. The van der Waals surface area contributed by atoms with Crippen molar-refractivity contribution in [2.75, 3.05) is 25.8 Å². The maximum atomic E-state index is 12.7. The van der Waals surface area contributed by atoms with Gasteiger partial charge in [-0.15, -0.1) is 0 Å². The molecule has 1 amide bonds. The third-order valence-electron chi connectivity index (χ3n) is 4.38. The second kappa shape index (κ2) is 8.05. The van der Waals surface area contributed by atoms with E-state index in [1.807, 2.05) is 43.3 Å². The van der Waals surface area contributed by atoms with Crippen LogP contribution in [0.2, 0.25) is 0 Å². The van der Waals surface area contributed by atoms with E-state index in [2.05, 4.69) is 15.3 Å². The van der Waals surface area contributed by atoms with Crippen LogP contribution in [0.1, 0.15) is 15.9 Å². The Bertz CT molecular complexity index is 1020. The van der Waals surface area contributed by atoms with Crippen LogP contribution in [0.25, 0.3) is 0 Å². The number of anilines is 1. The zero-order chi connectivity index (χ0) is 20.2. The zero-order valence-corrected chi connectivity index (χ0v) is 16.1.